The third kappa shape index (κ3) is 2.61. The molecule has 4 nitrogen and oxygen atoms in total. The van der Waals surface area contributed by atoms with Crippen LogP contribution in [0.15, 0.2) is 24.3 Å². The van der Waals surface area contributed by atoms with Crippen LogP contribution in [0.1, 0.15) is 34.7 Å². The summed E-state index contributed by atoms with van der Waals surface area (Å²) in [7, 11) is 0. The molecule has 4 heterocycles. The van der Waals surface area contributed by atoms with E-state index in [0.717, 1.165) is 36.0 Å². The minimum absolute atomic E-state index is 0.953. The van der Waals surface area contributed by atoms with Crippen molar-refractivity contribution in [2.24, 2.45) is 0 Å². The zero-order chi connectivity index (χ0) is 17.7. The molecule has 1 aromatic carbocycles. The Labute approximate surface area is 158 Å². The van der Waals surface area contributed by atoms with E-state index in [1.54, 1.807) is 4.90 Å². The Kier molecular flexibility index (Phi) is 3.94. The molecule has 0 spiro atoms. The van der Waals surface area contributed by atoms with Gasteiger partial charge in [-0.3, -0.25) is 0 Å². The van der Waals surface area contributed by atoms with Crippen molar-refractivity contribution >= 4 is 33.1 Å². The Morgan fingerprint density at radius 2 is 1.92 bits per heavy atom. The van der Waals surface area contributed by atoms with Gasteiger partial charge in [0.2, 0.25) is 0 Å². The summed E-state index contributed by atoms with van der Waals surface area (Å²) < 4.78 is 0. The predicted molar refractivity (Wildman–Crippen MR) is 108 cm³/mol. The number of likely N-dealkylation sites (tertiary alicyclic amines) is 1. The number of benzene rings is 1. The van der Waals surface area contributed by atoms with Gasteiger partial charge in [0.1, 0.15) is 17.2 Å². The molecule has 0 aliphatic carbocycles. The van der Waals surface area contributed by atoms with Gasteiger partial charge in [-0.05, 0) is 37.5 Å². The quantitative estimate of drug-likeness (QED) is 0.774. The number of quaternary nitrogens is 1. The van der Waals surface area contributed by atoms with Crippen molar-refractivity contribution in [2.45, 2.75) is 39.7 Å². The molecule has 5 rings (SSSR count). The van der Waals surface area contributed by atoms with Gasteiger partial charge < -0.3 is 9.80 Å². The molecule has 0 unspecified atom stereocenters. The lowest BCUT2D eigenvalue weighted by molar-refractivity contribution is -0.902. The van der Waals surface area contributed by atoms with Gasteiger partial charge >= 0.3 is 0 Å². The van der Waals surface area contributed by atoms with Gasteiger partial charge in [-0.25, -0.2) is 9.97 Å². The number of rotatable bonds is 3. The number of aromatic nitrogens is 2. The van der Waals surface area contributed by atoms with Gasteiger partial charge in [-0.2, -0.15) is 0 Å². The standard InChI is InChI=1S/C21H24N4S/c1-14-15(2)26-21-19(14)20(22-18(23-21)13-24-10-5-6-11-24)25-12-9-16-7-3-4-8-17(16)25/h3-4,7-8H,5-6,9-13H2,1-2H3/p+1. The number of para-hydroxylation sites is 1. The lowest BCUT2D eigenvalue weighted by atomic mass is 10.1. The first-order valence-corrected chi connectivity index (χ1v) is 10.5. The SMILES string of the molecule is Cc1sc2nc(C[NH+]3CCCC3)nc(N3CCc4ccccc43)c2c1C. The van der Waals surface area contributed by atoms with E-state index in [-0.39, 0.29) is 0 Å². The van der Waals surface area contributed by atoms with Crippen LogP contribution in [-0.4, -0.2) is 29.6 Å². The van der Waals surface area contributed by atoms with Crippen LogP contribution in [0.4, 0.5) is 11.5 Å². The van der Waals surface area contributed by atoms with Crippen molar-refractivity contribution in [2.75, 3.05) is 24.5 Å². The van der Waals surface area contributed by atoms with E-state index in [2.05, 4.69) is 43.0 Å². The number of thiophene rings is 1. The van der Waals surface area contributed by atoms with Crippen LogP contribution in [0.2, 0.25) is 0 Å². The highest BCUT2D eigenvalue weighted by Crippen LogP contribution is 2.40. The molecule has 2 aliphatic rings. The normalized spacial score (nSPS) is 17.4. The lowest BCUT2D eigenvalue weighted by Gasteiger charge is -2.21. The smallest absolute Gasteiger partial charge is 0.187 e. The Balaban J connectivity index is 1.65. The molecule has 0 amide bonds. The molecule has 0 saturated carbocycles. The molecule has 134 valence electrons. The molecule has 1 N–H and O–H groups in total. The van der Waals surface area contributed by atoms with Gasteiger partial charge in [0.05, 0.1) is 18.5 Å². The Hall–Kier alpha value is -1.98. The first-order valence-electron chi connectivity index (χ1n) is 9.66. The van der Waals surface area contributed by atoms with Crippen LogP contribution in [0.25, 0.3) is 10.2 Å². The van der Waals surface area contributed by atoms with Crippen LogP contribution in [0.3, 0.4) is 0 Å². The minimum atomic E-state index is 0.953. The molecule has 0 bridgehead atoms. The molecule has 3 aromatic rings. The Morgan fingerprint density at radius 3 is 2.77 bits per heavy atom. The maximum Gasteiger partial charge on any atom is 0.187 e. The first kappa shape index (κ1) is 16.2. The van der Waals surface area contributed by atoms with E-state index in [9.17, 15) is 0 Å². The third-order valence-electron chi connectivity index (χ3n) is 5.92. The number of aryl methyl sites for hydroxylation is 2. The average Bonchev–Trinajstić information content (AvgIpc) is 3.35. The van der Waals surface area contributed by atoms with Gasteiger partial charge in [-0.1, -0.05) is 18.2 Å². The Bertz CT molecular complexity index is 972. The molecule has 2 aliphatic heterocycles. The van der Waals surface area contributed by atoms with Crippen LogP contribution >= 0.6 is 11.3 Å². The largest absolute Gasteiger partial charge is 0.329 e. The molecule has 1 fully saturated rings. The number of nitrogens with one attached hydrogen (secondary N) is 1. The minimum Gasteiger partial charge on any atom is -0.329 e. The van der Waals surface area contributed by atoms with E-state index in [4.69, 9.17) is 9.97 Å². The second kappa shape index (κ2) is 6.32. The summed E-state index contributed by atoms with van der Waals surface area (Å²) in [6.07, 6.45) is 3.76. The van der Waals surface area contributed by atoms with Crippen LogP contribution in [-0.2, 0) is 13.0 Å². The van der Waals surface area contributed by atoms with E-state index < -0.39 is 0 Å². The zero-order valence-corrected chi connectivity index (χ0v) is 16.3. The molecule has 26 heavy (non-hydrogen) atoms. The summed E-state index contributed by atoms with van der Waals surface area (Å²) >= 11 is 1.82. The number of nitrogens with zero attached hydrogens (tertiary/aromatic N) is 3. The fraction of sp³-hybridized carbons (Fsp3) is 0.429. The molecule has 0 atom stereocenters. The van der Waals surface area contributed by atoms with Gasteiger partial charge in [-0.15, -0.1) is 11.3 Å². The predicted octanol–water partition coefficient (Wildman–Crippen LogP) is 3.18. The van der Waals surface area contributed by atoms with Crippen LogP contribution in [0, 0.1) is 13.8 Å². The van der Waals surface area contributed by atoms with E-state index >= 15 is 0 Å². The highest BCUT2D eigenvalue weighted by atomic mass is 32.1. The van der Waals surface area contributed by atoms with Crippen molar-refractivity contribution in [1.82, 2.24) is 9.97 Å². The van der Waals surface area contributed by atoms with Crippen molar-refractivity contribution in [3.05, 3.63) is 46.1 Å². The van der Waals surface area contributed by atoms with Crippen molar-refractivity contribution in [3.63, 3.8) is 0 Å². The maximum absolute atomic E-state index is 5.12. The topological polar surface area (TPSA) is 33.5 Å². The summed E-state index contributed by atoms with van der Waals surface area (Å²) in [5.74, 6) is 2.13. The van der Waals surface area contributed by atoms with E-state index in [1.807, 2.05) is 11.3 Å². The summed E-state index contributed by atoms with van der Waals surface area (Å²) in [5, 5.41) is 1.25. The molecule has 5 heteroatoms. The monoisotopic (exact) mass is 365 g/mol. The second-order valence-corrected chi connectivity index (χ2v) is 8.79. The van der Waals surface area contributed by atoms with E-state index in [1.165, 1.54) is 53.0 Å². The number of hydrogen-bond acceptors (Lipinski definition) is 4. The number of hydrogen-bond donors (Lipinski definition) is 1. The number of anilines is 2. The third-order valence-corrected chi connectivity index (χ3v) is 7.02. The fourth-order valence-electron chi connectivity index (χ4n) is 4.38. The van der Waals surface area contributed by atoms with Crippen LogP contribution < -0.4 is 9.80 Å². The molecular weight excluding hydrogens is 340 g/mol. The van der Waals surface area contributed by atoms with Crippen molar-refractivity contribution in [1.29, 1.82) is 0 Å². The molecular formula is C21H25N4S+. The molecule has 1 saturated heterocycles. The van der Waals surface area contributed by atoms with E-state index in [0.29, 0.717) is 0 Å². The summed E-state index contributed by atoms with van der Waals surface area (Å²) in [6, 6.07) is 8.75. The van der Waals surface area contributed by atoms with Gasteiger partial charge in [0, 0.05) is 30.0 Å². The molecule has 0 radical (unpaired) electrons. The Morgan fingerprint density at radius 1 is 1.12 bits per heavy atom. The summed E-state index contributed by atoms with van der Waals surface area (Å²) in [5.41, 5.74) is 4.08. The van der Waals surface area contributed by atoms with Gasteiger partial charge in [0.25, 0.3) is 0 Å². The molecule has 2 aromatic heterocycles. The van der Waals surface area contributed by atoms with Gasteiger partial charge in [0.15, 0.2) is 5.82 Å². The highest BCUT2D eigenvalue weighted by Gasteiger charge is 2.27. The maximum atomic E-state index is 5.12. The highest BCUT2D eigenvalue weighted by molar-refractivity contribution is 7.18. The zero-order valence-electron chi connectivity index (χ0n) is 15.5. The average molecular weight is 366 g/mol. The number of fused-ring (bicyclic) bond motifs is 2. The summed E-state index contributed by atoms with van der Waals surface area (Å²) in [6.45, 7) is 8.89. The van der Waals surface area contributed by atoms with Crippen molar-refractivity contribution < 1.29 is 4.90 Å². The van der Waals surface area contributed by atoms with Crippen molar-refractivity contribution in [3.8, 4) is 0 Å². The van der Waals surface area contributed by atoms with Crippen LogP contribution in [0.5, 0.6) is 0 Å². The summed E-state index contributed by atoms with van der Waals surface area (Å²) in [4.78, 5) is 16.6. The second-order valence-electron chi connectivity index (χ2n) is 7.59. The first-order chi connectivity index (χ1) is 12.7. The fourth-order valence-corrected chi connectivity index (χ4v) is 5.42. The lowest BCUT2D eigenvalue weighted by Crippen LogP contribution is -3.08.